The van der Waals surface area contributed by atoms with Crippen LogP contribution in [0.5, 0.6) is 5.75 Å². The fourth-order valence-electron chi connectivity index (χ4n) is 3.11. The lowest BCUT2D eigenvalue weighted by atomic mass is 9.90. The van der Waals surface area contributed by atoms with Crippen LogP contribution in [0.25, 0.3) is 0 Å². The Balaban J connectivity index is 1.66. The molecule has 6 heteroatoms. The SMILES string of the molecule is N#Cc1ccc(CN2CCC(Oc3ccccc3F)(C(=O)O)CC2)cc1. The third-order valence-corrected chi connectivity index (χ3v) is 4.68. The Hall–Kier alpha value is -2.91. The molecule has 0 atom stereocenters. The maximum atomic E-state index is 13.9. The summed E-state index contributed by atoms with van der Waals surface area (Å²) in [5.41, 5.74) is 0.251. The number of ether oxygens (including phenoxy) is 1. The summed E-state index contributed by atoms with van der Waals surface area (Å²) in [6.45, 7) is 1.72. The van der Waals surface area contributed by atoms with E-state index in [1.54, 1.807) is 18.2 Å². The van der Waals surface area contributed by atoms with Crippen LogP contribution in [0.2, 0.25) is 0 Å². The van der Waals surface area contributed by atoms with Crippen LogP contribution in [0.15, 0.2) is 48.5 Å². The highest BCUT2D eigenvalue weighted by Gasteiger charge is 2.44. The van der Waals surface area contributed by atoms with Gasteiger partial charge in [-0.25, -0.2) is 9.18 Å². The predicted octanol–water partition coefficient (Wildman–Crippen LogP) is 3.20. The Kier molecular flexibility index (Phi) is 5.19. The van der Waals surface area contributed by atoms with Crippen molar-refractivity contribution in [1.29, 1.82) is 5.26 Å². The molecule has 2 aromatic carbocycles. The van der Waals surface area contributed by atoms with Gasteiger partial charge in [0.25, 0.3) is 0 Å². The molecular weight excluding hydrogens is 335 g/mol. The van der Waals surface area contributed by atoms with Crippen molar-refractivity contribution in [3.05, 3.63) is 65.5 Å². The summed E-state index contributed by atoms with van der Waals surface area (Å²) in [7, 11) is 0. The van der Waals surface area contributed by atoms with Crippen molar-refractivity contribution in [1.82, 2.24) is 4.90 Å². The first-order valence-electron chi connectivity index (χ1n) is 8.41. The number of piperidine rings is 1. The number of nitriles is 1. The van der Waals surface area contributed by atoms with E-state index in [1.165, 1.54) is 18.2 Å². The Labute approximate surface area is 151 Å². The fourth-order valence-corrected chi connectivity index (χ4v) is 3.11. The minimum absolute atomic E-state index is 0.0320. The van der Waals surface area contributed by atoms with Crippen LogP contribution < -0.4 is 4.74 Å². The van der Waals surface area contributed by atoms with Crippen molar-refractivity contribution in [2.45, 2.75) is 25.0 Å². The van der Waals surface area contributed by atoms with Crippen LogP contribution in [0.4, 0.5) is 4.39 Å². The van der Waals surface area contributed by atoms with E-state index in [0.29, 0.717) is 25.2 Å². The minimum Gasteiger partial charge on any atom is -0.478 e. The summed E-state index contributed by atoms with van der Waals surface area (Å²) in [4.78, 5) is 14.0. The fraction of sp³-hybridized carbons (Fsp3) is 0.300. The smallest absolute Gasteiger partial charge is 0.348 e. The van der Waals surface area contributed by atoms with Crippen molar-refractivity contribution in [2.75, 3.05) is 13.1 Å². The Morgan fingerprint density at radius 3 is 2.42 bits per heavy atom. The van der Waals surface area contributed by atoms with Gasteiger partial charge in [-0.05, 0) is 29.8 Å². The number of hydrogen-bond donors (Lipinski definition) is 1. The van der Waals surface area contributed by atoms with E-state index >= 15 is 0 Å². The highest BCUT2D eigenvalue weighted by Crippen LogP contribution is 2.31. The molecule has 1 saturated heterocycles. The number of likely N-dealkylation sites (tertiary alicyclic amines) is 1. The van der Waals surface area contributed by atoms with Crippen LogP contribution in [-0.2, 0) is 11.3 Å². The van der Waals surface area contributed by atoms with Crippen LogP contribution in [0.1, 0.15) is 24.0 Å². The van der Waals surface area contributed by atoms with E-state index in [2.05, 4.69) is 11.0 Å². The topological polar surface area (TPSA) is 73.6 Å². The van der Waals surface area contributed by atoms with Crippen LogP contribution >= 0.6 is 0 Å². The van der Waals surface area contributed by atoms with E-state index < -0.39 is 17.4 Å². The molecule has 0 amide bonds. The van der Waals surface area contributed by atoms with Gasteiger partial charge in [-0.15, -0.1) is 0 Å². The second kappa shape index (κ2) is 7.54. The van der Waals surface area contributed by atoms with Gasteiger partial charge in [0, 0.05) is 32.5 Å². The van der Waals surface area contributed by atoms with Gasteiger partial charge in [-0.3, -0.25) is 4.90 Å². The first-order valence-corrected chi connectivity index (χ1v) is 8.41. The molecular formula is C20H19FN2O3. The Morgan fingerprint density at radius 1 is 1.19 bits per heavy atom. The van der Waals surface area contributed by atoms with E-state index in [9.17, 15) is 14.3 Å². The van der Waals surface area contributed by atoms with E-state index in [4.69, 9.17) is 10.00 Å². The molecule has 1 heterocycles. The standard InChI is InChI=1S/C20H19FN2O3/c21-17-3-1-2-4-18(17)26-20(19(24)25)9-11-23(12-10-20)14-16-7-5-15(13-22)6-8-16/h1-8H,9-12,14H2,(H,24,25). The van der Waals surface area contributed by atoms with Gasteiger partial charge < -0.3 is 9.84 Å². The average Bonchev–Trinajstić information content (AvgIpc) is 2.66. The van der Waals surface area contributed by atoms with E-state index in [1.807, 2.05) is 12.1 Å². The molecule has 0 bridgehead atoms. The second-order valence-corrected chi connectivity index (χ2v) is 6.42. The van der Waals surface area contributed by atoms with Crippen LogP contribution in [-0.4, -0.2) is 34.7 Å². The maximum absolute atomic E-state index is 13.9. The number of hydrogen-bond acceptors (Lipinski definition) is 4. The molecule has 5 nitrogen and oxygen atoms in total. The molecule has 134 valence electrons. The number of para-hydroxylation sites is 1. The van der Waals surface area contributed by atoms with E-state index in [-0.39, 0.29) is 18.6 Å². The summed E-state index contributed by atoms with van der Waals surface area (Å²) >= 11 is 0. The number of carboxylic acid groups (broad SMARTS) is 1. The zero-order valence-corrected chi connectivity index (χ0v) is 14.2. The van der Waals surface area contributed by atoms with Gasteiger partial charge in [0.2, 0.25) is 5.60 Å². The molecule has 1 aliphatic rings. The third kappa shape index (κ3) is 3.84. The van der Waals surface area contributed by atoms with Crippen molar-refractivity contribution >= 4 is 5.97 Å². The lowest BCUT2D eigenvalue weighted by Gasteiger charge is -2.38. The number of rotatable bonds is 5. The molecule has 0 radical (unpaired) electrons. The lowest BCUT2D eigenvalue weighted by molar-refractivity contribution is -0.160. The van der Waals surface area contributed by atoms with Gasteiger partial charge in [0.15, 0.2) is 11.6 Å². The van der Waals surface area contributed by atoms with Crippen molar-refractivity contribution < 1.29 is 19.0 Å². The molecule has 0 aliphatic carbocycles. The van der Waals surface area contributed by atoms with Gasteiger partial charge >= 0.3 is 5.97 Å². The van der Waals surface area contributed by atoms with Crippen LogP contribution in [0.3, 0.4) is 0 Å². The number of benzene rings is 2. The monoisotopic (exact) mass is 354 g/mol. The summed E-state index contributed by atoms with van der Waals surface area (Å²) in [5, 5.41) is 18.5. The highest BCUT2D eigenvalue weighted by molar-refractivity contribution is 5.78. The Bertz CT molecular complexity index is 822. The number of aliphatic carboxylic acids is 1. The number of halogens is 1. The molecule has 1 aliphatic heterocycles. The van der Waals surface area contributed by atoms with Crippen LogP contribution in [0, 0.1) is 17.1 Å². The first kappa shape index (κ1) is 17.9. The molecule has 0 saturated carbocycles. The molecule has 26 heavy (non-hydrogen) atoms. The number of carboxylic acids is 1. The Morgan fingerprint density at radius 2 is 1.85 bits per heavy atom. The van der Waals surface area contributed by atoms with Crippen molar-refractivity contribution in [3.8, 4) is 11.8 Å². The summed E-state index contributed by atoms with van der Waals surface area (Å²) in [6, 6.07) is 15.3. The van der Waals surface area contributed by atoms with Gasteiger partial charge in [-0.2, -0.15) is 5.26 Å². The first-order chi connectivity index (χ1) is 12.5. The van der Waals surface area contributed by atoms with Gasteiger partial charge in [-0.1, -0.05) is 24.3 Å². The number of carbonyl (C=O) groups is 1. The normalized spacial score (nSPS) is 16.6. The van der Waals surface area contributed by atoms with E-state index in [0.717, 1.165) is 5.56 Å². The zero-order chi connectivity index (χ0) is 18.6. The number of nitrogens with zero attached hydrogens (tertiary/aromatic N) is 2. The highest BCUT2D eigenvalue weighted by atomic mass is 19.1. The maximum Gasteiger partial charge on any atom is 0.348 e. The largest absolute Gasteiger partial charge is 0.478 e. The summed E-state index contributed by atoms with van der Waals surface area (Å²) in [5.74, 6) is -1.66. The molecule has 0 spiro atoms. The van der Waals surface area contributed by atoms with Crippen molar-refractivity contribution in [2.24, 2.45) is 0 Å². The molecule has 3 rings (SSSR count). The summed E-state index contributed by atoms with van der Waals surface area (Å²) in [6.07, 6.45) is 0.542. The average molecular weight is 354 g/mol. The van der Waals surface area contributed by atoms with Crippen molar-refractivity contribution in [3.63, 3.8) is 0 Å². The molecule has 1 fully saturated rings. The molecule has 1 N–H and O–H groups in total. The van der Waals surface area contributed by atoms with Gasteiger partial charge in [0.1, 0.15) is 0 Å². The molecule has 0 aromatic heterocycles. The molecule has 0 unspecified atom stereocenters. The third-order valence-electron chi connectivity index (χ3n) is 4.68. The lowest BCUT2D eigenvalue weighted by Crippen LogP contribution is -2.53. The molecule has 2 aromatic rings. The quantitative estimate of drug-likeness (QED) is 0.893. The second-order valence-electron chi connectivity index (χ2n) is 6.42. The summed E-state index contributed by atoms with van der Waals surface area (Å²) < 4.78 is 19.5. The van der Waals surface area contributed by atoms with Gasteiger partial charge in [0.05, 0.1) is 11.6 Å². The zero-order valence-electron chi connectivity index (χ0n) is 14.2. The predicted molar refractivity (Wildman–Crippen MR) is 93.1 cm³/mol. The minimum atomic E-state index is -1.41.